The van der Waals surface area contributed by atoms with E-state index in [9.17, 15) is 10.2 Å². The minimum Gasteiger partial charge on any atom is -0.489 e. The molecule has 5 heteroatoms. The quantitative estimate of drug-likeness (QED) is 0.616. The number of aliphatic hydroxyl groups excluding tert-OH is 2. The summed E-state index contributed by atoms with van der Waals surface area (Å²) in [6, 6.07) is 3.44. The van der Waals surface area contributed by atoms with Gasteiger partial charge >= 0.3 is 0 Å². The van der Waals surface area contributed by atoms with E-state index in [1.54, 1.807) is 24.3 Å². The molecular weight excluding hydrogens is 272 g/mol. The minimum atomic E-state index is -0.833. The molecule has 0 aromatic heterocycles. The molecule has 0 radical (unpaired) electrons. The van der Waals surface area contributed by atoms with Gasteiger partial charge < -0.3 is 24.4 Å². The molecule has 0 saturated carbocycles. The molecule has 1 fully saturated rings. The molecule has 0 unspecified atom stereocenters. The van der Waals surface area contributed by atoms with E-state index in [2.05, 4.69) is 13.2 Å². The van der Waals surface area contributed by atoms with Crippen LogP contribution in [-0.4, -0.2) is 35.6 Å². The zero-order valence-electron chi connectivity index (χ0n) is 11.6. The molecule has 1 aromatic rings. The van der Waals surface area contributed by atoms with Crippen LogP contribution in [-0.2, 0) is 4.74 Å². The average molecular weight is 290 g/mol. The molecule has 0 amide bonds. The second-order valence-electron chi connectivity index (χ2n) is 5.04. The molecule has 4 atom stereocenters. The molecule has 21 heavy (non-hydrogen) atoms. The summed E-state index contributed by atoms with van der Waals surface area (Å²) in [6.07, 6.45) is 0.815. The van der Waals surface area contributed by atoms with Crippen LogP contribution in [0, 0.1) is 0 Å². The Hall–Kier alpha value is -1.82. The number of rotatable bonds is 6. The Morgan fingerprint density at radius 3 is 1.76 bits per heavy atom. The van der Waals surface area contributed by atoms with Gasteiger partial charge in [-0.15, -0.1) is 0 Å². The Bertz CT molecular complexity index is 519. The summed E-state index contributed by atoms with van der Waals surface area (Å²) in [6.45, 7) is 7.84. The molecule has 1 heterocycles. The van der Waals surface area contributed by atoms with Crippen molar-refractivity contribution < 1.29 is 24.4 Å². The van der Waals surface area contributed by atoms with E-state index in [-0.39, 0.29) is 12.2 Å². The Labute approximate surface area is 123 Å². The lowest BCUT2D eigenvalue weighted by Gasteiger charge is -2.26. The van der Waals surface area contributed by atoms with Gasteiger partial charge in [0.15, 0.2) is 0 Å². The van der Waals surface area contributed by atoms with Crippen LogP contribution in [0.4, 0.5) is 0 Å². The van der Waals surface area contributed by atoms with Gasteiger partial charge in [-0.3, -0.25) is 0 Å². The molecular formula is C16H18O5. The van der Waals surface area contributed by atoms with Crippen LogP contribution in [0.25, 0.3) is 0 Å². The SMILES string of the molecule is C=CCOc1ccc(OCC=C)c2c1[C@@H](O)[C@H]1O[C@H]1[C@H]2O. The van der Waals surface area contributed by atoms with Crippen molar-refractivity contribution in [2.24, 2.45) is 0 Å². The molecule has 1 aliphatic heterocycles. The van der Waals surface area contributed by atoms with E-state index < -0.39 is 12.2 Å². The minimum absolute atomic E-state index is 0.317. The number of aliphatic hydroxyl groups is 2. The maximum Gasteiger partial charge on any atom is 0.126 e. The van der Waals surface area contributed by atoms with Crippen LogP contribution in [0.3, 0.4) is 0 Å². The van der Waals surface area contributed by atoms with Crippen molar-refractivity contribution in [1.82, 2.24) is 0 Å². The van der Waals surface area contributed by atoms with Crippen molar-refractivity contribution in [2.45, 2.75) is 24.4 Å². The molecule has 0 spiro atoms. The van der Waals surface area contributed by atoms with E-state index in [0.717, 1.165) is 0 Å². The first-order valence-corrected chi connectivity index (χ1v) is 6.84. The first kappa shape index (κ1) is 14.1. The van der Waals surface area contributed by atoms with Gasteiger partial charge in [-0.25, -0.2) is 0 Å². The maximum atomic E-state index is 10.4. The summed E-state index contributed by atoms with van der Waals surface area (Å²) in [5, 5.41) is 20.8. The van der Waals surface area contributed by atoms with Crippen molar-refractivity contribution in [3.63, 3.8) is 0 Å². The maximum absolute atomic E-state index is 10.4. The third-order valence-corrected chi connectivity index (χ3v) is 3.70. The first-order valence-electron chi connectivity index (χ1n) is 6.84. The zero-order valence-corrected chi connectivity index (χ0v) is 11.6. The number of epoxide rings is 1. The first-order chi connectivity index (χ1) is 10.2. The third kappa shape index (κ3) is 2.33. The number of fused-ring (bicyclic) bond motifs is 2. The van der Waals surface area contributed by atoms with Crippen molar-refractivity contribution in [1.29, 1.82) is 0 Å². The van der Waals surface area contributed by atoms with Crippen LogP contribution in [0.2, 0.25) is 0 Å². The Kier molecular flexibility index (Phi) is 3.71. The van der Waals surface area contributed by atoms with E-state index >= 15 is 0 Å². The highest BCUT2D eigenvalue weighted by Gasteiger charge is 2.56. The van der Waals surface area contributed by atoms with Crippen molar-refractivity contribution in [2.75, 3.05) is 13.2 Å². The lowest BCUT2D eigenvalue weighted by molar-refractivity contribution is 0.112. The van der Waals surface area contributed by atoms with E-state index in [1.165, 1.54) is 0 Å². The predicted molar refractivity (Wildman–Crippen MR) is 76.4 cm³/mol. The van der Waals surface area contributed by atoms with Gasteiger partial charge in [0, 0.05) is 11.1 Å². The Balaban J connectivity index is 2.05. The van der Waals surface area contributed by atoms with Crippen molar-refractivity contribution in [3.8, 4) is 11.5 Å². The van der Waals surface area contributed by atoms with Crippen molar-refractivity contribution in [3.05, 3.63) is 48.6 Å². The smallest absolute Gasteiger partial charge is 0.126 e. The second-order valence-corrected chi connectivity index (χ2v) is 5.04. The molecule has 0 bridgehead atoms. The highest BCUT2D eigenvalue weighted by Crippen LogP contribution is 2.53. The van der Waals surface area contributed by atoms with Gasteiger partial charge in [0.2, 0.25) is 0 Å². The molecule has 1 aromatic carbocycles. The van der Waals surface area contributed by atoms with Gasteiger partial charge in [-0.1, -0.05) is 25.3 Å². The van der Waals surface area contributed by atoms with Gasteiger partial charge in [-0.05, 0) is 12.1 Å². The predicted octanol–water partition coefficient (Wildman–Crippen LogP) is 1.66. The second kappa shape index (κ2) is 5.52. The van der Waals surface area contributed by atoms with Crippen LogP contribution in [0.15, 0.2) is 37.4 Å². The monoisotopic (exact) mass is 290 g/mol. The summed E-state index contributed by atoms with van der Waals surface area (Å²) in [4.78, 5) is 0. The third-order valence-electron chi connectivity index (χ3n) is 3.70. The fourth-order valence-corrected chi connectivity index (χ4v) is 2.73. The van der Waals surface area contributed by atoms with E-state index in [1.807, 2.05) is 0 Å². The Morgan fingerprint density at radius 1 is 0.952 bits per heavy atom. The van der Waals surface area contributed by atoms with Gasteiger partial charge in [0.05, 0.1) is 0 Å². The molecule has 2 N–H and O–H groups in total. The highest BCUT2D eigenvalue weighted by atomic mass is 16.6. The lowest BCUT2D eigenvalue weighted by atomic mass is 9.86. The van der Waals surface area contributed by atoms with Crippen molar-refractivity contribution >= 4 is 0 Å². The number of benzene rings is 1. The lowest BCUT2D eigenvalue weighted by Crippen LogP contribution is -2.24. The fourth-order valence-electron chi connectivity index (χ4n) is 2.73. The molecule has 5 nitrogen and oxygen atoms in total. The summed E-state index contributed by atoms with van der Waals surface area (Å²) >= 11 is 0. The molecule has 112 valence electrons. The molecule has 1 aliphatic carbocycles. The normalized spacial score (nSPS) is 29.0. The number of ether oxygens (including phenoxy) is 3. The largest absolute Gasteiger partial charge is 0.489 e. The molecule has 2 aliphatic rings. The van der Waals surface area contributed by atoms with Gasteiger partial charge in [0.25, 0.3) is 0 Å². The van der Waals surface area contributed by atoms with Gasteiger partial charge in [-0.2, -0.15) is 0 Å². The Morgan fingerprint density at radius 2 is 1.38 bits per heavy atom. The number of hydrogen-bond donors (Lipinski definition) is 2. The zero-order chi connectivity index (χ0) is 15.0. The summed E-state index contributed by atoms with van der Waals surface area (Å²) in [5.41, 5.74) is 1.06. The van der Waals surface area contributed by atoms with Crippen LogP contribution in [0.1, 0.15) is 23.3 Å². The summed E-state index contributed by atoms with van der Waals surface area (Å²) in [5.74, 6) is 1.02. The number of hydrogen-bond acceptors (Lipinski definition) is 5. The molecule has 3 rings (SSSR count). The van der Waals surface area contributed by atoms with E-state index in [4.69, 9.17) is 14.2 Å². The molecule has 1 saturated heterocycles. The van der Waals surface area contributed by atoms with Crippen LogP contribution < -0.4 is 9.47 Å². The highest BCUT2D eigenvalue weighted by molar-refractivity contribution is 5.54. The van der Waals surface area contributed by atoms with Crippen LogP contribution in [0.5, 0.6) is 11.5 Å². The van der Waals surface area contributed by atoms with Gasteiger partial charge in [0.1, 0.15) is 49.1 Å². The van der Waals surface area contributed by atoms with E-state index in [0.29, 0.717) is 35.8 Å². The summed E-state index contributed by atoms with van der Waals surface area (Å²) < 4.78 is 16.5. The summed E-state index contributed by atoms with van der Waals surface area (Å²) in [7, 11) is 0. The standard InChI is InChI=1S/C16H18O5/c1-3-7-19-9-5-6-10(20-8-4-2)12-11(9)13(17)15-16(21-15)14(12)18/h3-6,13-18H,1-2,7-8H2/t13-,14+,15-,16+. The topological polar surface area (TPSA) is 71.5 Å². The fraction of sp³-hybridized carbons (Fsp3) is 0.375. The average Bonchev–Trinajstić information content (AvgIpc) is 3.29. The van der Waals surface area contributed by atoms with Crippen LogP contribution >= 0.6 is 0 Å².